The predicted octanol–water partition coefficient (Wildman–Crippen LogP) is 2.80. The van der Waals surface area contributed by atoms with Gasteiger partial charge in [0.2, 0.25) is 0 Å². The number of nitrogens with two attached hydrogens (primary N) is 1. The van der Waals surface area contributed by atoms with Gasteiger partial charge in [-0.05, 0) is 55.3 Å². The molecule has 0 aliphatic heterocycles. The fourth-order valence-electron chi connectivity index (χ4n) is 2.56. The minimum Gasteiger partial charge on any atom is -0.271 e. The van der Waals surface area contributed by atoms with Gasteiger partial charge in [0, 0.05) is 23.0 Å². The standard InChI is InChI=1S/C17H18N4/c1-11-3-4-13-10-14(5-6-16(13)20-11)17(21-18)15-7-8-19-12(2)9-15/h3-10,17,21H,18H2,1-2H3. The van der Waals surface area contributed by atoms with Crippen molar-refractivity contribution in [2.45, 2.75) is 19.9 Å². The molecule has 2 aromatic heterocycles. The normalized spacial score (nSPS) is 12.5. The highest BCUT2D eigenvalue weighted by Crippen LogP contribution is 2.24. The molecule has 3 aromatic rings. The fraction of sp³-hybridized carbons (Fsp3) is 0.176. The Hall–Kier alpha value is -2.30. The lowest BCUT2D eigenvalue weighted by Crippen LogP contribution is -2.28. The molecule has 3 N–H and O–H groups in total. The molecule has 1 unspecified atom stereocenters. The Morgan fingerprint density at radius 2 is 1.76 bits per heavy atom. The molecule has 0 fully saturated rings. The largest absolute Gasteiger partial charge is 0.271 e. The number of aryl methyl sites for hydroxylation is 2. The smallest absolute Gasteiger partial charge is 0.0711 e. The first-order chi connectivity index (χ1) is 10.2. The SMILES string of the molecule is Cc1cc(C(NN)c2ccc3nc(C)ccc3c2)ccn1. The molecule has 0 aliphatic rings. The van der Waals surface area contributed by atoms with Crippen LogP contribution in [0.2, 0.25) is 0 Å². The maximum atomic E-state index is 5.77. The number of nitrogens with zero attached hydrogens (tertiary/aromatic N) is 2. The van der Waals surface area contributed by atoms with Crippen LogP contribution in [0, 0.1) is 13.8 Å². The lowest BCUT2D eigenvalue weighted by Gasteiger charge is -2.17. The van der Waals surface area contributed by atoms with Crippen molar-refractivity contribution in [1.82, 2.24) is 15.4 Å². The lowest BCUT2D eigenvalue weighted by atomic mass is 9.98. The second kappa shape index (κ2) is 5.60. The van der Waals surface area contributed by atoms with Gasteiger partial charge in [-0.25, -0.2) is 5.43 Å². The van der Waals surface area contributed by atoms with E-state index in [1.165, 1.54) is 0 Å². The van der Waals surface area contributed by atoms with Crippen molar-refractivity contribution >= 4 is 10.9 Å². The van der Waals surface area contributed by atoms with E-state index in [9.17, 15) is 0 Å². The quantitative estimate of drug-likeness (QED) is 0.571. The van der Waals surface area contributed by atoms with E-state index in [2.05, 4.69) is 33.6 Å². The molecule has 0 bridgehead atoms. The molecule has 21 heavy (non-hydrogen) atoms. The number of aromatic nitrogens is 2. The first-order valence-electron chi connectivity index (χ1n) is 6.93. The van der Waals surface area contributed by atoms with E-state index in [4.69, 9.17) is 5.84 Å². The number of hydrogen-bond donors (Lipinski definition) is 2. The minimum atomic E-state index is -0.0580. The molecule has 2 heterocycles. The molecule has 0 saturated carbocycles. The molecular formula is C17H18N4. The average Bonchev–Trinajstić information content (AvgIpc) is 2.48. The molecule has 0 amide bonds. The fourth-order valence-corrected chi connectivity index (χ4v) is 2.56. The molecule has 1 aromatic carbocycles. The van der Waals surface area contributed by atoms with Gasteiger partial charge in [0.15, 0.2) is 0 Å². The molecule has 0 spiro atoms. The summed E-state index contributed by atoms with van der Waals surface area (Å²) < 4.78 is 0. The van der Waals surface area contributed by atoms with Gasteiger partial charge >= 0.3 is 0 Å². The summed E-state index contributed by atoms with van der Waals surface area (Å²) in [5.74, 6) is 5.77. The van der Waals surface area contributed by atoms with Crippen LogP contribution in [-0.2, 0) is 0 Å². The average molecular weight is 278 g/mol. The van der Waals surface area contributed by atoms with Gasteiger partial charge in [-0.15, -0.1) is 0 Å². The van der Waals surface area contributed by atoms with Crippen molar-refractivity contribution in [3.63, 3.8) is 0 Å². The van der Waals surface area contributed by atoms with Crippen LogP contribution < -0.4 is 11.3 Å². The summed E-state index contributed by atoms with van der Waals surface area (Å²) in [6.07, 6.45) is 1.81. The van der Waals surface area contributed by atoms with Crippen LogP contribution in [0.3, 0.4) is 0 Å². The Bertz CT molecular complexity index is 783. The topological polar surface area (TPSA) is 63.8 Å². The van der Waals surface area contributed by atoms with Crippen molar-refractivity contribution in [1.29, 1.82) is 0 Å². The highest BCUT2D eigenvalue weighted by atomic mass is 15.2. The molecule has 4 nitrogen and oxygen atoms in total. The first-order valence-corrected chi connectivity index (χ1v) is 6.93. The van der Waals surface area contributed by atoms with E-state index >= 15 is 0 Å². The van der Waals surface area contributed by atoms with Crippen molar-refractivity contribution < 1.29 is 0 Å². The summed E-state index contributed by atoms with van der Waals surface area (Å²) in [7, 11) is 0. The Balaban J connectivity index is 2.06. The Morgan fingerprint density at radius 1 is 0.952 bits per heavy atom. The summed E-state index contributed by atoms with van der Waals surface area (Å²) in [4.78, 5) is 8.76. The third kappa shape index (κ3) is 2.77. The van der Waals surface area contributed by atoms with E-state index in [0.717, 1.165) is 33.4 Å². The van der Waals surface area contributed by atoms with Crippen LogP contribution in [0.15, 0.2) is 48.7 Å². The Labute approximate surface area is 124 Å². The first kappa shape index (κ1) is 13.7. The second-order valence-corrected chi connectivity index (χ2v) is 5.24. The summed E-state index contributed by atoms with van der Waals surface area (Å²) in [6.45, 7) is 3.97. The van der Waals surface area contributed by atoms with Crippen LogP contribution in [-0.4, -0.2) is 9.97 Å². The summed E-state index contributed by atoms with van der Waals surface area (Å²) in [5, 5.41) is 1.11. The zero-order chi connectivity index (χ0) is 14.8. The van der Waals surface area contributed by atoms with E-state index in [-0.39, 0.29) is 6.04 Å². The number of benzene rings is 1. The number of hydrogen-bond acceptors (Lipinski definition) is 4. The maximum Gasteiger partial charge on any atom is 0.0711 e. The number of pyridine rings is 2. The summed E-state index contributed by atoms with van der Waals surface area (Å²) in [6, 6.07) is 14.3. The van der Waals surface area contributed by atoms with Crippen molar-refractivity contribution in [3.05, 3.63) is 71.2 Å². The Morgan fingerprint density at radius 3 is 2.52 bits per heavy atom. The summed E-state index contributed by atoms with van der Waals surface area (Å²) in [5.41, 5.74) is 8.10. The molecule has 106 valence electrons. The van der Waals surface area contributed by atoms with Crippen LogP contribution in [0.4, 0.5) is 0 Å². The van der Waals surface area contributed by atoms with E-state index < -0.39 is 0 Å². The van der Waals surface area contributed by atoms with Crippen molar-refractivity contribution in [2.24, 2.45) is 5.84 Å². The van der Waals surface area contributed by atoms with Gasteiger partial charge in [0.1, 0.15) is 0 Å². The van der Waals surface area contributed by atoms with Crippen LogP contribution in [0.25, 0.3) is 10.9 Å². The number of hydrazine groups is 1. The maximum absolute atomic E-state index is 5.77. The number of rotatable bonds is 3. The van der Waals surface area contributed by atoms with Crippen LogP contribution in [0.5, 0.6) is 0 Å². The summed E-state index contributed by atoms with van der Waals surface area (Å²) >= 11 is 0. The highest BCUT2D eigenvalue weighted by molar-refractivity contribution is 5.79. The van der Waals surface area contributed by atoms with Crippen LogP contribution in [0.1, 0.15) is 28.6 Å². The Kier molecular flexibility index (Phi) is 3.64. The van der Waals surface area contributed by atoms with E-state index in [1.54, 1.807) is 6.20 Å². The van der Waals surface area contributed by atoms with Gasteiger partial charge in [0.05, 0.1) is 11.6 Å². The molecular weight excluding hydrogens is 260 g/mol. The molecule has 4 heteroatoms. The van der Waals surface area contributed by atoms with Gasteiger partial charge < -0.3 is 0 Å². The van der Waals surface area contributed by atoms with Gasteiger partial charge in [0.25, 0.3) is 0 Å². The van der Waals surface area contributed by atoms with Crippen molar-refractivity contribution in [2.75, 3.05) is 0 Å². The second-order valence-electron chi connectivity index (χ2n) is 5.24. The lowest BCUT2D eigenvalue weighted by molar-refractivity contribution is 0.636. The van der Waals surface area contributed by atoms with Gasteiger partial charge in [-0.3, -0.25) is 15.8 Å². The highest BCUT2D eigenvalue weighted by Gasteiger charge is 2.13. The van der Waals surface area contributed by atoms with Gasteiger partial charge in [-0.2, -0.15) is 0 Å². The van der Waals surface area contributed by atoms with Crippen LogP contribution >= 0.6 is 0 Å². The monoisotopic (exact) mass is 278 g/mol. The molecule has 0 radical (unpaired) electrons. The van der Waals surface area contributed by atoms with Gasteiger partial charge in [-0.1, -0.05) is 12.1 Å². The minimum absolute atomic E-state index is 0.0580. The molecule has 1 atom stereocenters. The number of nitrogens with one attached hydrogen (secondary N) is 1. The molecule has 0 saturated heterocycles. The third-order valence-electron chi connectivity index (χ3n) is 3.61. The zero-order valence-corrected chi connectivity index (χ0v) is 12.2. The van der Waals surface area contributed by atoms with Crippen molar-refractivity contribution in [3.8, 4) is 0 Å². The predicted molar refractivity (Wildman–Crippen MR) is 84.6 cm³/mol. The van der Waals surface area contributed by atoms with E-state index in [0.29, 0.717) is 0 Å². The molecule has 3 rings (SSSR count). The number of fused-ring (bicyclic) bond motifs is 1. The van der Waals surface area contributed by atoms with E-state index in [1.807, 2.05) is 38.1 Å². The third-order valence-corrected chi connectivity index (χ3v) is 3.61. The zero-order valence-electron chi connectivity index (χ0n) is 12.2. The molecule has 0 aliphatic carbocycles.